The lowest BCUT2D eigenvalue weighted by Gasteiger charge is -2.56. The van der Waals surface area contributed by atoms with Crippen LogP contribution in [0.2, 0.25) is 0 Å². The van der Waals surface area contributed by atoms with Crippen molar-refractivity contribution in [3.8, 4) is 0 Å². The van der Waals surface area contributed by atoms with Crippen molar-refractivity contribution in [2.75, 3.05) is 0 Å². The molecule has 2 bridgehead atoms. The molecule has 3 nitrogen and oxygen atoms in total. The van der Waals surface area contributed by atoms with E-state index < -0.39 is 0 Å². The van der Waals surface area contributed by atoms with E-state index in [1.807, 2.05) is 0 Å². The van der Waals surface area contributed by atoms with Crippen LogP contribution >= 0.6 is 0 Å². The van der Waals surface area contributed by atoms with Crippen molar-refractivity contribution < 1.29 is 4.74 Å². The van der Waals surface area contributed by atoms with Gasteiger partial charge in [-0.3, -0.25) is 9.89 Å². The van der Waals surface area contributed by atoms with E-state index in [1.165, 1.54) is 70.6 Å². The van der Waals surface area contributed by atoms with Gasteiger partial charge in [0.1, 0.15) is 0 Å². The molecule has 0 amide bonds. The summed E-state index contributed by atoms with van der Waals surface area (Å²) in [6.07, 6.45) is 18.0. The van der Waals surface area contributed by atoms with Gasteiger partial charge in [-0.25, -0.2) is 0 Å². The highest BCUT2D eigenvalue weighted by molar-refractivity contribution is 5.72. The Morgan fingerprint density at radius 3 is 2.43 bits per heavy atom. The number of hydrogen-bond acceptors (Lipinski definition) is 3. The van der Waals surface area contributed by atoms with Crippen LogP contribution in [0.1, 0.15) is 112 Å². The van der Waals surface area contributed by atoms with Crippen LogP contribution in [0.25, 0.3) is 0 Å². The largest absolute Gasteiger partial charge is 0.349 e. The summed E-state index contributed by atoms with van der Waals surface area (Å²) in [5, 5.41) is 0. The van der Waals surface area contributed by atoms with Crippen molar-refractivity contribution in [2.24, 2.45) is 57.2 Å². The summed E-state index contributed by atoms with van der Waals surface area (Å²) in [6.45, 7) is 15.5. The first-order valence-electron chi connectivity index (χ1n) is 15.7. The second kappa shape index (κ2) is 7.81. The third-order valence-electron chi connectivity index (χ3n) is 13.7. The fourth-order valence-corrected chi connectivity index (χ4v) is 12.0. The van der Waals surface area contributed by atoms with Crippen molar-refractivity contribution in [2.45, 2.75) is 142 Å². The fraction of sp³-hybridized carbons (Fsp3) is 0.969. The molecule has 6 fully saturated rings. The Morgan fingerprint density at radius 1 is 0.886 bits per heavy atom. The molecule has 1 saturated heterocycles. The van der Waals surface area contributed by atoms with Gasteiger partial charge in [0.25, 0.3) is 0 Å². The standard InChI is InChI=1S/C32H52N2O/c1-19-15-20(2)28-25(16-19)34(27-17-23-13-14-31(27,6)21(23)3)32(30(28,4)5)18-33-29-24-10-8-7-9-22(24)11-12-26(29)35-32/h18-29H,7-17H2,1-6H3. The van der Waals surface area contributed by atoms with Crippen LogP contribution in [0.3, 0.4) is 0 Å². The Morgan fingerprint density at radius 2 is 1.69 bits per heavy atom. The van der Waals surface area contributed by atoms with Gasteiger partial charge in [0, 0.05) is 23.7 Å². The topological polar surface area (TPSA) is 24.8 Å². The normalized spacial score (nSPS) is 58.9. The molecule has 2 heterocycles. The molecule has 13 atom stereocenters. The van der Waals surface area contributed by atoms with Crippen LogP contribution in [0.5, 0.6) is 0 Å². The predicted molar refractivity (Wildman–Crippen MR) is 143 cm³/mol. The summed E-state index contributed by atoms with van der Waals surface area (Å²) >= 11 is 0. The Bertz CT molecular complexity index is 883. The maximum atomic E-state index is 7.67. The second-order valence-electron chi connectivity index (χ2n) is 15.5. The van der Waals surface area contributed by atoms with Gasteiger partial charge in [-0.1, -0.05) is 60.8 Å². The minimum absolute atomic E-state index is 0.0938. The lowest BCUT2D eigenvalue weighted by molar-refractivity contribution is -0.217. The van der Waals surface area contributed by atoms with Crippen molar-refractivity contribution in [1.82, 2.24) is 4.90 Å². The van der Waals surface area contributed by atoms with Gasteiger partial charge < -0.3 is 4.74 Å². The van der Waals surface area contributed by atoms with Crippen molar-refractivity contribution in [1.29, 1.82) is 0 Å². The zero-order valence-electron chi connectivity index (χ0n) is 23.5. The quantitative estimate of drug-likeness (QED) is 0.392. The maximum absolute atomic E-state index is 7.67. The monoisotopic (exact) mass is 480 g/mol. The number of nitrogens with zero attached hydrogens (tertiary/aromatic N) is 2. The van der Waals surface area contributed by atoms with Crippen LogP contribution in [-0.4, -0.2) is 41.1 Å². The second-order valence-corrected chi connectivity index (χ2v) is 15.5. The highest BCUT2D eigenvalue weighted by Crippen LogP contribution is 2.67. The Balaban J connectivity index is 1.33. The van der Waals surface area contributed by atoms with Crippen LogP contribution in [0, 0.1) is 52.3 Å². The molecule has 196 valence electrons. The third-order valence-corrected chi connectivity index (χ3v) is 13.7. The highest BCUT2D eigenvalue weighted by atomic mass is 16.5. The molecule has 2 aliphatic heterocycles. The lowest BCUT2D eigenvalue weighted by Crippen LogP contribution is -2.67. The molecule has 5 saturated carbocycles. The van der Waals surface area contributed by atoms with Crippen LogP contribution in [0.15, 0.2) is 4.99 Å². The SMILES string of the molecule is CC1CC(C)C2C(C1)N(C1CC3CCC1(C)C3C)C1(C=NC3C(CCC4CCCCC43)O1)C2(C)C. The van der Waals surface area contributed by atoms with Crippen molar-refractivity contribution in [3.05, 3.63) is 0 Å². The minimum Gasteiger partial charge on any atom is -0.349 e. The van der Waals surface area contributed by atoms with Crippen molar-refractivity contribution in [3.63, 3.8) is 0 Å². The van der Waals surface area contributed by atoms with E-state index in [4.69, 9.17) is 9.73 Å². The van der Waals surface area contributed by atoms with Gasteiger partial charge in [-0.05, 0) is 98.2 Å². The molecule has 0 N–H and O–H groups in total. The molecule has 7 aliphatic rings. The minimum atomic E-state index is -0.318. The summed E-state index contributed by atoms with van der Waals surface area (Å²) in [6, 6.07) is 1.72. The maximum Gasteiger partial charge on any atom is 0.163 e. The van der Waals surface area contributed by atoms with E-state index in [1.54, 1.807) is 0 Å². The summed E-state index contributed by atoms with van der Waals surface area (Å²) in [5.41, 5.74) is 0.208. The van der Waals surface area contributed by atoms with E-state index in [2.05, 4.69) is 52.7 Å². The summed E-state index contributed by atoms with van der Waals surface area (Å²) < 4.78 is 7.67. The molecule has 7 rings (SSSR count). The summed E-state index contributed by atoms with van der Waals surface area (Å²) in [5.74, 6) is 5.70. The predicted octanol–water partition coefficient (Wildman–Crippen LogP) is 7.34. The van der Waals surface area contributed by atoms with Gasteiger partial charge >= 0.3 is 0 Å². The number of aliphatic imine (C=N–C) groups is 1. The Kier molecular flexibility index (Phi) is 5.29. The summed E-state index contributed by atoms with van der Waals surface area (Å²) in [7, 11) is 0. The molecule has 0 aromatic heterocycles. The third kappa shape index (κ3) is 3.01. The zero-order chi connectivity index (χ0) is 24.3. The smallest absolute Gasteiger partial charge is 0.163 e. The number of rotatable bonds is 1. The lowest BCUT2D eigenvalue weighted by atomic mass is 9.61. The van der Waals surface area contributed by atoms with Crippen LogP contribution < -0.4 is 0 Å². The molecule has 1 spiro atoms. The van der Waals surface area contributed by atoms with Crippen molar-refractivity contribution >= 4 is 6.21 Å². The number of likely N-dealkylation sites (tertiary alicyclic amines) is 1. The van der Waals surface area contributed by atoms with E-state index in [9.17, 15) is 0 Å². The Labute approximate surface area is 215 Å². The van der Waals surface area contributed by atoms with Gasteiger partial charge in [0.2, 0.25) is 0 Å². The molecule has 0 aromatic carbocycles. The summed E-state index contributed by atoms with van der Waals surface area (Å²) in [4.78, 5) is 8.65. The molecule has 0 aromatic rings. The van der Waals surface area contributed by atoms with E-state index >= 15 is 0 Å². The van der Waals surface area contributed by atoms with Crippen LogP contribution in [0.4, 0.5) is 0 Å². The molecular formula is C32H52N2O. The van der Waals surface area contributed by atoms with Gasteiger partial charge in [0.15, 0.2) is 5.72 Å². The molecule has 0 radical (unpaired) electrons. The fourth-order valence-electron chi connectivity index (χ4n) is 12.0. The first kappa shape index (κ1) is 23.7. The van der Waals surface area contributed by atoms with E-state index in [-0.39, 0.29) is 11.1 Å². The average Bonchev–Trinajstić information content (AvgIpc) is 3.31. The van der Waals surface area contributed by atoms with E-state index in [0.717, 1.165) is 35.5 Å². The highest BCUT2D eigenvalue weighted by Gasteiger charge is 2.72. The number of hydrogen-bond donors (Lipinski definition) is 0. The first-order chi connectivity index (χ1) is 16.7. The molecule has 13 unspecified atom stereocenters. The molecular weight excluding hydrogens is 428 g/mol. The van der Waals surface area contributed by atoms with Gasteiger partial charge in [-0.15, -0.1) is 0 Å². The number of fused-ring (bicyclic) bond motifs is 6. The number of ether oxygens (including phenoxy) is 1. The average molecular weight is 481 g/mol. The molecule has 35 heavy (non-hydrogen) atoms. The van der Waals surface area contributed by atoms with Gasteiger partial charge in [-0.2, -0.15) is 0 Å². The Hall–Kier alpha value is -0.410. The van der Waals surface area contributed by atoms with Gasteiger partial charge in [0.05, 0.1) is 12.1 Å². The first-order valence-corrected chi connectivity index (χ1v) is 15.7. The molecule has 3 heteroatoms. The molecule has 5 aliphatic carbocycles. The van der Waals surface area contributed by atoms with Crippen LogP contribution in [-0.2, 0) is 4.74 Å². The zero-order valence-corrected chi connectivity index (χ0v) is 23.5. The van der Waals surface area contributed by atoms with E-state index in [0.29, 0.717) is 35.6 Å².